The zero-order chi connectivity index (χ0) is 13.7. The number of nitrogens with one attached hydrogen (secondary N) is 1. The highest BCUT2D eigenvalue weighted by Gasteiger charge is 2.32. The van der Waals surface area contributed by atoms with Gasteiger partial charge in [-0.25, -0.2) is 0 Å². The van der Waals surface area contributed by atoms with Crippen LogP contribution in [-0.2, 0) is 6.54 Å². The lowest BCUT2D eigenvalue weighted by Gasteiger charge is -2.28. The largest absolute Gasteiger partial charge is 0.496 e. The Labute approximate surface area is 119 Å². The zero-order valence-corrected chi connectivity index (χ0v) is 12.6. The van der Waals surface area contributed by atoms with Crippen LogP contribution >= 0.6 is 11.8 Å². The highest BCUT2D eigenvalue weighted by molar-refractivity contribution is 7.98. The van der Waals surface area contributed by atoms with Gasteiger partial charge in [0.25, 0.3) is 0 Å². The van der Waals surface area contributed by atoms with Crippen molar-refractivity contribution in [3.05, 3.63) is 23.8 Å². The van der Waals surface area contributed by atoms with Crippen LogP contribution in [0.3, 0.4) is 0 Å². The topological polar surface area (TPSA) is 41.5 Å². The molecule has 106 valence electrons. The van der Waals surface area contributed by atoms with Crippen LogP contribution in [0.25, 0.3) is 0 Å². The van der Waals surface area contributed by atoms with E-state index in [4.69, 9.17) is 4.74 Å². The molecule has 0 heterocycles. The molecule has 0 atom stereocenters. The smallest absolute Gasteiger partial charge is 0.132 e. The number of methoxy groups -OCH3 is 1. The van der Waals surface area contributed by atoms with E-state index < -0.39 is 0 Å². The van der Waals surface area contributed by atoms with E-state index in [0.717, 1.165) is 30.0 Å². The Kier molecular flexibility index (Phi) is 5.13. The lowest BCUT2D eigenvalue weighted by Crippen LogP contribution is -2.45. The van der Waals surface area contributed by atoms with Gasteiger partial charge >= 0.3 is 0 Å². The van der Waals surface area contributed by atoms with E-state index in [9.17, 15) is 5.11 Å². The average molecular weight is 281 g/mol. The van der Waals surface area contributed by atoms with Crippen LogP contribution in [0.1, 0.15) is 31.2 Å². The molecule has 1 fully saturated rings. The SMILES string of the molecule is COc1ccc(CNC2(CO)CCCC2)cc1SC. The predicted molar refractivity (Wildman–Crippen MR) is 79.9 cm³/mol. The summed E-state index contributed by atoms with van der Waals surface area (Å²) in [6, 6.07) is 6.27. The van der Waals surface area contributed by atoms with Crippen molar-refractivity contribution in [2.24, 2.45) is 0 Å². The first-order chi connectivity index (χ1) is 9.23. The van der Waals surface area contributed by atoms with E-state index in [1.54, 1.807) is 18.9 Å². The molecule has 1 aliphatic rings. The molecule has 1 aromatic rings. The number of hydrogen-bond acceptors (Lipinski definition) is 4. The molecule has 0 spiro atoms. The molecule has 0 radical (unpaired) electrons. The third-order valence-electron chi connectivity index (χ3n) is 3.98. The van der Waals surface area contributed by atoms with Crippen LogP contribution in [0.4, 0.5) is 0 Å². The van der Waals surface area contributed by atoms with Crippen LogP contribution in [0.5, 0.6) is 5.75 Å². The van der Waals surface area contributed by atoms with Gasteiger partial charge in [0.1, 0.15) is 5.75 Å². The van der Waals surface area contributed by atoms with Crippen LogP contribution < -0.4 is 10.1 Å². The molecule has 0 unspecified atom stereocenters. The Morgan fingerprint density at radius 2 is 2.11 bits per heavy atom. The molecule has 0 aromatic heterocycles. The molecule has 1 aromatic carbocycles. The van der Waals surface area contributed by atoms with E-state index in [2.05, 4.69) is 23.7 Å². The Hall–Kier alpha value is -0.710. The molecular formula is C15H23NO2S. The molecule has 19 heavy (non-hydrogen) atoms. The second-order valence-corrected chi connectivity index (χ2v) is 6.04. The van der Waals surface area contributed by atoms with Crippen molar-refractivity contribution < 1.29 is 9.84 Å². The van der Waals surface area contributed by atoms with E-state index in [0.29, 0.717) is 0 Å². The third-order valence-corrected chi connectivity index (χ3v) is 4.74. The Morgan fingerprint density at radius 1 is 1.37 bits per heavy atom. The molecule has 4 heteroatoms. The fraction of sp³-hybridized carbons (Fsp3) is 0.600. The van der Waals surface area contributed by atoms with Crippen LogP contribution in [0, 0.1) is 0 Å². The lowest BCUT2D eigenvalue weighted by atomic mass is 9.98. The van der Waals surface area contributed by atoms with Crippen molar-refractivity contribution >= 4 is 11.8 Å². The highest BCUT2D eigenvalue weighted by atomic mass is 32.2. The summed E-state index contributed by atoms with van der Waals surface area (Å²) in [7, 11) is 1.70. The molecule has 0 bridgehead atoms. The van der Waals surface area contributed by atoms with Gasteiger partial charge in [0.2, 0.25) is 0 Å². The highest BCUT2D eigenvalue weighted by Crippen LogP contribution is 2.31. The number of ether oxygens (including phenoxy) is 1. The minimum Gasteiger partial charge on any atom is -0.496 e. The van der Waals surface area contributed by atoms with Crippen molar-refractivity contribution in [2.45, 2.75) is 42.7 Å². The average Bonchev–Trinajstić information content (AvgIpc) is 2.94. The van der Waals surface area contributed by atoms with E-state index in [1.165, 1.54) is 18.4 Å². The summed E-state index contributed by atoms with van der Waals surface area (Å²) in [5.74, 6) is 0.925. The maximum atomic E-state index is 9.59. The molecule has 2 rings (SSSR count). The Bertz CT molecular complexity index is 417. The Morgan fingerprint density at radius 3 is 2.68 bits per heavy atom. The monoisotopic (exact) mass is 281 g/mol. The van der Waals surface area contributed by atoms with Gasteiger partial charge in [-0.05, 0) is 36.8 Å². The molecule has 0 amide bonds. The summed E-state index contributed by atoms with van der Waals surface area (Å²) in [6.45, 7) is 1.04. The number of hydrogen-bond donors (Lipinski definition) is 2. The van der Waals surface area contributed by atoms with Crippen LogP contribution in [-0.4, -0.2) is 30.6 Å². The molecule has 2 N–H and O–H groups in total. The summed E-state index contributed by atoms with van der Waals surface area (Å²) in [5.41, 5.74) is 1.18. The standard InChI is InChI=1S/C15H23NO2S/c1-18-13-6-5-12(9-14(13)19-2)10-16-15(11-17)7-3-4-8-15/h5-6,9,16-17H,3-4,7-8,10-11H2,1-2H3. The van der Waals surface area contributed by atoms with Crippen molar-refractivity contribution in [1.82, 2.24) is 5.32 Å². The molecule has 1 aliphatic carbocycles. The number of aliphatic hydroxyl groups is 1. The number of thioether (sulfide) groups is 1. The van der Waals surface area contributed by atoms with Gasteiger partial charge in [-0.1, -0.05) is 18.9 Å². The number of aliphatic hydroxyl groups excluding tert-OH is 1. The lowest BCUT2D eigenvalue weighted by molar-refractivity contribution is 0.163. The minimum absolute atomic E-state index is 0.0561. The predicted octanol–water partition coefficient (Wildman–Crippen LogP) is 2.81. The van der Waals surface area contributed by atoms with Gasteiger partial charge in [0.05, 0.1) is 13.7 Å². The van der Waals surface area contributed by atoms with Gasteiger partial charge in [-0.3, -0.25) is 0 Å². The van der Waals surface area contributed by atoms with Crippen LogP contribution in [0.2, 0.25) is 0 Å². The van der Waals surface area contributed by atoms with Crippen LogP contribution in [0.15, 0.2) is 23.1 Å². The number of rotatable bonds is 6. The molecule has 3 nitrogen and oxygen atoms in total. The van der Waals surface area contributed by atoms with Crippen molar-refractivity contribution in [3.8, 4) is 5.75 Å². The number of benzene rings is 1. The second kappa shape index (κ2) is 6.64. The minimum atomic E-state index is -0.0561. The quantitative estimate of drug-likeness (QED) is 0.787. The van der Waals surface area contributed by atoms with Gasteiger partial charge in [0.15, 0.2) is 0 Å². The molecule has 0 aliphatic heterocycles. The van der Waals surface area contributed by atoms with Crippen molar-refractivity contribution in [3.63, 3.8) is 0 Å². The van der Waals surface area contributed by atoms with E-state index >= 15 is 0 Å². The summed E-state index contributed by atoms with van der Waals surface area (Å²) in [4.78, 5) is 1.16. The maximum absolute atomic E-state index is 9.59. The normalized spacial score (nSPS) is 17.6. The zero-order valence-electron chi connectivity index (χ0n) is 11.7. The molecule has 0 saturated heterocycles. The first-order valence-corrected chi connectivity index (χ1v) is 8.02. The fourth-order valence-electron chi connectivity index (χ4n) is 2.72. The summed E-state index contributed by atoms with van der Waals surface area (Å²) >= 11 is 1.69. The van der Waals surface area contributed by atoms with Gasteiger partial charge in [0, 0.05) is 17.0 Å². The molecular weight excluding hydrogens is 258 g/mol. The fourth-order valence-corrected chi connectivity index (χ4v) is 3.34. The molecule has 1 saturated carbocycles. The van der Waals surface area contributed by atoms with Gasteiger partial charge in [-0.15, -0.1) is 11.8 Å². The summed E-state index contributed by atoms with van der Waals surface area (Å²) < 4.78 is 5.33. The second-order valence-electron chi connectivity index (χ2n) is 5.19. The first kappa shape index (κ1) is 14.7. The van der Waals surface area contributed by atoms with Crippen molar-refractivity contribution in [1.29, 1.82) is 0 Å². The summed E-state index contributed by atoms with van der Waals surface area (Å²) in [6.07, 6.45) is 6.64. The third kappa shape index (κ3) is 3.44. The van der Waals surface area contributed by atoms with Crippen molar-refractivity contribution in [2.75, 3.05) is 20.0 Å². The van der Waals surface area contributed by atoms with Gasteiger partial charge in [-0.2, -0.15) is 0 Å². The first-order valence-electron chi connectivity index (χ1n) is 6.80. The van der Waals surface area contributed by atoms with E-state index in [1.807, 2.05) is 6.07 Å². The van der Waals surface area contributed by atoms with E-state index in [-0.39, 0.29) is 12.1 Å². The van der Waals surface area contributed by atoms with Gasteiger partial charge < -0.3 is 15.2 Å². The summed E-state index contributed by atoms with van der Waals surface area (Å²) in [5, 5.41) is 13.1. The maximum Gasteiger partial charge on any atom is 0.132 e. The Balaban J connectivity index is 2.03.